The van der Waals surface area contributed by atoms with Gasteiger partial charge in [0.05, 0.1) is 41.4 Å². The third-order valence-electron chi connectivity index (χ3n) is 11.8. The summed E-state index contributed by atoms with van der Waals surface area (Å²) in [5, 5.41) is 14.9. The summed E-state index contributed by atoms with van der Waals surface area (Å²) >= 11 is 0. The lowest BCUT2D eigenvalue weighted by atomic mass is 9.92. The number of hydrogen-bond donors (Lipinski definition) is 2. The number of aromatic nitrogens is 2. The van der Waals surface area contributed by atoms with Crippen molar-refractivity contribution in [1.29, 1.82) is 0 Å². The number of aromatic hydroxyl groups is 1. The van der Waals surface area contributed by atoms with Crippen LogP contribution in [-0.4, -0.2) is 89.7 Å². The van der Waals surface area contributed by atoms with E-state index in [1.54, 1.807) is 0 Å². The van der Waals surface area contributed by atoms with Gasteiger partial charge >= 0.3 is 6.01 Å². The molecule has 1 spiro atoms. The van der Waals surface area contributed by atoms with Gasteiger partial charge < -0.3 is 29.5 Å². The number of rotatable bonds is 6. The number of phenols is 1. The van der Waals surface area contributed by atoms with Crippen LogP contribution in [0.3, 0.4) is 0 Å². The lowest BCUT2D eigenvalue weighted by Crippen LogP contribution is -2.60. The van der Waals surface area contributed by atoms with Gasteiger partial charge in [-0.1, -0.05) is 12.0 Å². The number of nitrogens with one attached hydrogen (secondary N) is 1. The lowest BCUT2D eigenvalue weighted by molar-refractivity contribution is -0.0532. The summed E-state index contributed by atoms with van der Waals surface area (Å²) < 4.78 is 67.8. The zero-order valence-corrected chi connectivity index (χ0v) is 27.4. The highest BCUT2D eigenvalue weighted by Crippen LogP contribution is 2.51. The van der Waals surface area contributed by atoms with E-state index in [1.807, 2.05) is 0 Å². The zero-order chi connectivity index (χ0) is 33.9. The fourth-order valence-corrected chi connectivity index (χ4v) is 8.87. The minimum absolute atomic E-state index is 0.00415. The van der Waals surface area contributed by atoms with Gasteiger partial charge in [-0.05, 0) is 62.1 Å². The number of ether oxygens (including phenoxy) is 3. The van der Waals surface area contributed by atoms with E-state index in [-0.39, 0.29) is 80.7 Å². The van der Waals surface area contributed by atoms with Gasteiger partial charge in [-0.3, -0.25) is 4.90 Å². The van der Waals surface area contributed by atoms with Crippen molar-refractivity contribution in [2.45, 2.75) is 62.3 Å². The van der Waals surface area contributed by atoms with Crippen LogP contribution in [0.25, 0.3) is 32.8 Å². The number of piperazine rings is 1. The normalized spacial score (nSPS) is 25.6. The lowest BCUT2D eigenvalue weighted by Gasteiger charge is -2.40. The van der Waals surface area contributed by atoms with Gasteiger partial charge in [-0.15, -0.1) is 6.42 Å². The van der Waals surface area contributed by atoms with Crippen LogP contribution in [-0.2, 0) is 4.74 Å². The Labute approximate surface area is 286 Å². The minimum atomic E-state index is -1.00. The Kier molecular flexibility index (Phi) is 6.62. The van der Waals surface area contributed by atoms with Crippen molar-refractivity contribution in [3.05, 3.63) is 47.3 Å². The van der Waals surface area contributed by atoms with E-state index < -0.39 is 23.0 Å². The summed E-state index contributed by atoms with van der Waals surface area (Å²) in [5.74, 6) is -0.477. The third-order valence-corrected chi connectivity index (χ3v) is 11.8. The third kappa shape index (κ3) is 4.73. The molecule has 50 heavy (non-hydrogen) atoms. The topological polar surface area (TPSA) is 92.2 Å². The van der Waals surface area contributed by atoms with Crippen LogP contribution >= 0.6 is 0 Å². The average Bonchev–Trinajstić information content (AvgIpc) is 4.02. The predicted octanol–water partition coefficient (Wildman–Crippen LogP) is 5.28. The Morgan fingerprint density at radius 3 is 2.74 bits per heavy atom. The minimum Gasteiger partial charge on any atom is -0.508 e. The molecule has 4 aliphatic heterocycles. The molecule has 10 rings (SSSR count). The molecule has 2 saturated carbocycles. The molecule has 9 nitrogen and oxygen atoms in total. The first-order valence-corrected chi connectivity index (χ1v) is 17.5. The number of halogens is 3. The van der Waals surface area contributed by atoms with Crippen LogP contribution in [0.15, 0.2) is 24.3 Å². The Morgan fingerprint density at radius 1 is 1.08 bits per heavy atom. The highest BCUT2D eigenvalue weighted by Gasteiger charge is 2.51. The number of anilines is 1. The second-order valence-corrected chi connectivity index (χ2v) is 15.2. The van der Waals surface area contributed by atoms with Gasteiger partial charge in [0.1, 0.15) is 29.5 Å². The molecule has 6 aliphatic rings. The highest BCUT2D eigenvalue weighted by atomic mass is 19.1. The second-order valence-electron chi connectivity index (χ2n) is 15.2. The van der Waals surface area contributed by atoms with E-state index in [0.29, 0.717) is 24.4 Å². The van der Waals surface area contributed by atoms with Gasteiger partial charge in [0.25, 0.3) is 0 Å². The first-order chi connectivity index (χ1) is 24.2. The van der Waals surface area contributed by atoms with Crippen molar-refractivity contribution in [1.82, 2.24) is 20.2 Å². The molecule has 3 atom stereocenters. The van der Waals surface area contributed by atoms with Crippen molar-refractivity contribution in [3.63, 3.8) is 0 Å². The molecule has 0 radical (unpaired) electrons. The molecular weight excluding hydrogens is 647 g/mol. The number of phenolic OH excluding ortho intramolecular Hbond substituents is 1. The van der Waals surface area contributed by atoms with Gasteiger partial charge in [-0.25, -0.2) is 13.2 Å². The number of hydrogen-bond acceptors (Lipinski definition) is 9. The molecular formula is C38H36F3N5O4. The van der Waals surface area contributed by atoms with Crippen LogP contribution in [0.5, 0.6) is 17.5 Å². The maximum absolute atomic E-state index is 17.2. The SMILES string of the molecule is C#Cc1c(F)ccc2cc(O)cc(-c3c(F)c4c5c(nc(OCC6(CN7CCOC8(CC8)C7)CC6)nc5c3F)N3C[C@H]5CC[C@H](N5)[C@H]3CO4)c12. The van der Waals surface area contributed by atoms with Crippen molar-refractivity contribution >= 4 is 27.5 Å². The average molecular weight is 684 g/mol. The molecule has 1 aromatic heterocycles. The quantitative estimate of drug-likeness (QED) is 0.264. The molecule has 3 aromatic carbocycles. The monoisotopic (exact) mass is 683 g/mol. The maximum atomic E-state index is 17.2. The van der Waals surface area contributed by atoms with E-state index in [4.69, 9.17) is 25.6 Å². The molecule has 2 N–H and O–H groups in total. The smallest absolute Gasteiger partial charge is 0.319 e. The summed E-state index contributed by atoms with van der Waals surface area (Å²) in [4.78, 5) is 14.0. The fourth-order valence-electron chi connectivity index (χ4n) is 8.87. The summed E-state index contributed by atoms with van der Waals surface area (Å²) in [6.07, 6.45) is 11.8. The molecule has 258 valence electrons. The van der Waals surface area contributed by atoms with Crippen molar-refractivity contribution < 1.29 is 32.5 Å². The van der Waals surface area contributed by atoms with Crippen LogP contribution in [0.1, 0.15) is 44.1 Å². The molecule has 4 aromatic rings. The summed E-state index contributed by atoms with van der Waals surface area (Å²) in [6.45, 7) is 4.49. The largest absolute Gasteiger partial charge is 0.508 e. The summed E-state index contributed by atoms with van der Waals surface area (Å²) in [6, 6.07) is 5.26. The zero-order valence-electron chi connectivity index (χ0n) is 27.4. The molecule has 5 fully saturated rings. The molecule has 5 heterocycles. The fraction of sp³-hybridized carbons (Fsp3) is 0.474. The van der Waals surface area contributed by atoms with Gasteiger partial charge in [0.15, 0.2) is 17.4 Å². The highest BCUT2D eigenvalue weighted by molar-refractivity contribution is 6.06. The standard InChI is InChI=1S/C38H36F3N5O4/c1-2-23-25(39)5-3-20-13-22(47)14-24(28(20)23)29-31(40)33-30-34(32(29)41)48-16-27-26-6-4-21(42-26)15-46(27)35(30)44-36(43-33)49-19-37(7-8-37)17-45-11-12-50-38(18-45)9-10-38/h1,3,5,13-14,21,26-27,42,47H,4,6-12,15-19H2/t21-,26+,27-/m1/s1. The number of terminal acetylenes is 1. The first-order valence-electron chi connectivity index (χ1n) is 17.5. The van der Waals surface area contributed by atoms with Crippen molar-refractivity contribution in [2.24, 2.45) is 5.41 Å². The van der Waals surface area contributed by atoms with Crippen LogP contribution < -0.4 is 19.7 Å². The number of nitrogens with zero attached hydrogens (tertiary/aromatic N) is 4. The molecule has 2 bridgehead atoms. The van der Waals surface area contributed by atoms with Crippen LogP contribution in [0.2, 0.25) is 0 Å². The molecule has 12 heteroatoms. The van der Waals surface area contributed by atoms with Crippen LogP contribution in [0, 0.1) is 35.2 Å². The summed E-state index contributed by atoms with van der Waals surface area (Å²) in [5.41, 5.74) is -1.01. The number of morpholine rings is 1. The number of fused-ring (bicyclic) bond motifs is 6. The van der Waals surface area contributed by atoms with Gasteiger partial charge in [-0.2, -0.15) is 9.97 Å². The molecule has 0 unspecified atom stereocenters. The predicted molar refractivity (Wildman–Crippen MR) is 180 cm³/mol. The maximum Gasteiger partial charge on any atom is 0.319 e. The second kappa shape index (κ2) is 10.8. The van der Waals surface area contributed by atoms with E-state index in [2.05, 4.69) is 26.0 Å². The van der Waals surface area contributed by atoms with E-state index in [0.717, 1.165) is 64.8 Å². The van der Waals surface area contributed by atoms with Gasteiger partial charge in [0, 0.05) is 54.6 Å². The first kappa shape index (κ1) is 30.5. The molecule has 3 saturated heterocycles. The van der Waals surface area contributed by atoms with Crippen molar-refractivity contribution in [2.75, 3.05) is 50.9 Å². The Morgan fingerprint density at radius 2 is 1.94 bits per heavy atom. The van der Waals surface area contributed by atoms with Crippen molar-refractivity contribution in [3.8, 4) is 41.0 Å². The van der Waals surface area contributed by atoms with E-state index in [1.165, 1.54) is 24.3 Å². The Bertz CT molecular complexity index is 2150. The number of benzene rings is 3. The Hall–Kier alpha value is -4.31. The molecule has 0 amide bonds. The Balaban J connectivity index is 1.11. The van der Waals surface area contributed by atoms with E-state index in [9.17, 15) is 5.11 Å². The van der Waals surface area contributed by atoms with E-state index >= 15 is 13.2 Å². The molecule has 2 aliphatic carbocycles. The summed E-state index contributed by atoms with van der Waals surface area (Å²) in [7, 11) is 0. The van der Waals surface area contributed by atoms with Gasteiger partial charge in [0.2, 0.25) is 0 Å². The van der Waals surface area contributed by atoms with Crippen LogP contribution in [0.4, 0.5) is 19.0 Å².